The molecule has 5 heteroatoms. The lowest BCUT2D eigenvalue weighted by Crippen LogP contribution is -2.51. The molecule has 2 rings (SSSR count). The molecule has 3 atom stereocenters. The number of likely N-dealkylation sites (tertiary alicyclic amines) is 1. The molecular formula is C15H29N3O2. The quantitative estimate of drug-likeness (QED) is 0.752. The summed E-state index contributed by atoms with van der Waals surface area (Å²) in [5.74, 6) is -0.106. The second-order valence-corrected chi connectivity index (χ2v) is 6.52. The molecule has 2 aliphatic rings. The number of nitrogens with zero attached hydrogens (tertiary/aromatic N) is 2. The number of hydrogen-bond acceptors (Lipinski definition) is 5. The van der Waals surface area contributed by atoms with Crippen molar-refractivity contribution in [2.75, 3.05) is 41.3 Å². The molecule has 0 amide bonds. The van der Waals surface area contributed by atoms with Crippen LogP contribution in [0.15, 0.2) is 0 Å². The highest BCUT2D eigenvalue weighted by molar-refractivity contribution is 5.81. The monoisotopic (exact) mass is 283 g/mol. The first-order chi connectivity index (χ1) is 9.52. The Kier molecular flexibility index (Phi) is 5.04. The molecule has 1 saturated heterocycles. The number of rotatable bonds is 5. The maximum Gasteiger partial charge on any atom is 0.326 e. The Hall–Kier alpha value is -0.650. The van der Waals surface area contributed by atoms with E-state index in [-0.39, 0.29) is 5.97 Å². The van der Waals surface area contributed by atoms with Gasteiger partial charge in [-0.2, -0.15) is 0 Å². The Balaban J connectivity index is 2.02. The Morgan fingerprint density at radius 2 is 2.20 bits per heavy atom. The van der Waals surface area contributed by atoms with Gasteiger partial charge in [-0.15, -0.1) is 0 Å². The predicted octanol–water partition coefficient (Wildman–Crippen LogP) is 0.696. The fraction of sp³-hybridized carbons (Fsp3) is 0.933. The lowest BCUT2D eigenvalue weighted by molar-refractivity contribution is -0.148. The number of hydrogen-bond donors (Lipinski definition) is 1. The predicted molar refractivity (Wildman–Crippen MR) is 79.7 cm³/mol. The van der Waals surface area contributed by atoms with Crippen molar-refractivity contribution in [3.05, 3.63) is 0 Å². The second kappa shape index (κ2) is 6.41. The summed E-state index contributed by atoms with van der Waals surface area (Å²) in [6, 6.07) is 1.15. The van der Waals surface area contributed by atoms with E-state index < -0.39 is 5.54 Å². The van der Waals surface area contributed by atoms with Gasteiger partial charge in [0.05, 0.1) is 7.11 Å². The summed E-state index contributed by atoms with van der Waals surface area (Å²) in [4.78, 5) is 17.0. The van der Waals surface area contributed by atoms with Gasteiger partial charge in [0.1, 0.15) is 5.54 Å². The molecule has 0 aromatic heterocycles. The molecule has 0 bridgehead atoms. The molecular weight excluding hydrogens is 254 g/mol. The minimum atomic E-state index is -0.468. The molecule has 1 aliphatic heterocycles. The van der Waals surface area contributed by atoms with E-state index in [1.165, 1.54) is 26.5 Å². The van der Waals surface area contributed by atoms with E-state index in [4.69, 9.17) is 4.74 Å². The zero-order chi connectivity index (χ0) is 14.8. The van der Waals surface area contributed by atoms with Gasteiger partial charge < -0.3 is 15.0 Å². The Morgan fingerprint density at radius 1 is 1.45 bits per heavy atom. The Labute approximate surface area is 122 Å². The summed E-state index contributed by atoms with van der Waals surface area (Å²) in [6.45, 7) is 2.28. The van der Waals surface area contributed by atoms with Crippen LogP contribution in [-0.2, 0) is 9.53 Å². The topological polar surface area (TPSA) is 44.8 Å². The molecule has 1 N–H and O–H groups in total. The van der Waals surface area contributed by atoms with E-state index in [1.807, 2.05) is 7.05 Å². The fourth-order valence-corrected chi connectivity index (χ4v) is 3.97. The summed E-state index contributed by atoms with van der Waals surface area (Å²) >= 11 is 0. The van der Waals surface area contributed by atoms with Gasteiger partial charge in [-0.1, -0.05) is 0 Å². The average Bonchev–Trinajstić information content (AvgIpc) is 3.04. The number of nitrogens with one attached hydrogen (secondary N) is 1. The Morgan fingerprint density at radius 3 is 2.80 bits per heavy atom. The van der Waals surface area contributed by atoms with E-state index in [2.05, 4.69) is 29.2 Å². The number of carbonyl (C=O) groups excluding carboxylic acids is 1. The van der Waals surface area contributed by atoms with Crippen LogP contribution in [0, 0.1) is 0 Å². The van der Waals surface area contributed by atoms with Crippen molar-refractivity contribution in [3.63, 3.8) is 0 Å². The van der Waals surface area contributed by atoms with Crippen LogP contribution in [0.25, 0.3) is 0 Å². The third-order valence-corrected chi connectivity index (χ3v) is 5.01. The van der Waals surface area contributed by atoms with Crippen molar-refractivity contribution >= 4 is 5.97 Å². The summed E-state index contributed by atoms with van der Waals surface area (Å²) in [6.07, 6.45) is 5.39. The van der Waals surface area contributed by atoms with E-state index in [0.29, 0.717) is 12.1 Å². The van der Waals surface area contributed by atoms with Gasteiger partial charge in [0, 0.05) is 18.6 Å². The smallest absolute Gasteiger partial charge is 0.326 e. The third kappa shape index (κ3) is 3.00. The number of methoxy groups -OCH3 is 1. The molecule has 116 valence electrons. The molecule has 0 spiro atoms. The third-order valence-electron chi connectivity index (χ3n) is 5.01. The molecule has 2 fully saturated rings. The number of ether oxygens (including phenoxy) is 1. The molecule has 20 heavy (non-hydrogen) atoms. The van der Waals surface area contributed by atoms with Gasteiger partial charge >= 0.3 is 5.97 Å². The van der Waals surface area contributed by atoms with E-state index >= 15 is 0 Å². The van der Waals surface area contributed by atoms with E-state index in [1.54, 1.807) is 0 Å². The number of esters is 1. The minimum Gasteiger partial charge on any atom is -0.468 e. The van der Waals surface area contributed by atoms with Crippen molar-refractivity contribution in [3.8, 4) is 0 Å². The van der Waals surface area contributed by atoms with Gasteiger partial charge in [0.25, 0.3) is 0 Å². The lowest BCUT2D eigenvalue weighted by Gasteiger charge is -2.33. The van der Waals surface area contributed by atoms with Crippen molar-refractivity contribution < 1.29 is 9.53 Å². The molecule has 0 radical (unpaired) electrons. The molecule has 1 saturated carbocycles. The lowest BCUT2D eigenvalue weighted by atomic mass is 9.97. The number of likely N-dealkylation sites (N-methyl/N-ethyl adjacent to an activating group) is 2. The highest BCUT2D eigenvalue weighted by Gasteiger charge is 2.48. The summed E-state index contributed by atoms with van der Waals surface area (Å²) < 4.78 is 5.00. The summed E-state index contributed by atoms with van der Waals surface area (Å²) in [7, 11) is 7.63. The van der Waals surface area contributed by atoms with Crippen molar-refractivity contribution in [2.24, 2.45) is 0 Å². The van der Waals surface area contributed by atoms with Crippen molar-refractivity contribution in [1.82, 2.24) is 15.1 Å². The van der Waals surface area contributed by atoms with Crippen LogP contribution < -0.4 is 5.32 Å². The molecule has 3 unspecified atom stereocenters. The standard InChI is InChI=1S/C15H29N3O2/c1-16-15(14(19)20-4)8-7-12(10-15)18-9-5-6-13(18)11-17(2)3/h12-13,16H,5-11H2,1-4H3. The van der Waals surface area contributed by atoms with Crippen molar-refractivity contribution in [1.29, 1.82) is 0 Å². The summed E-state index contributed by atoms with van der Waals surface area (Å²) in [5.41, 5.74) is -0.468. The molecule has 1 aliphatic carbocycles. The van der Waals surface area contributed by atoms with Gasteiger partial charge in [-0.25, -0.2) is 0 Å². The van der Waals surface area contributed by atoms with Crippen LogP contribution in [0.1, 0.15) is 32.1 Å². The molecule has 1 heterocycles. The van der Waals surface area contributed by atoms with Gasteiger partial charge in [-0.3, -0.25) is 9.69 Å². The van der Waals surface area contributed by atoms with Crippen LogP contribution in [0.4, 0.5) is 0 Å². The average molecular weight is 283 g/mol. The van der Waals surface area contributed by atoms with Gasteiger partial charge in [0.2, 0.25) is 0 Å². The van der Waals surface area contributed by atoms with Crippen LogP contribution in [0.3, 0.4) is 0 Å². The van der Waals surface area contributed by atoms with Gasteiger partial charge in [-0.05, 0) is 59.8 Å². The first-order valence-electron chi connectivity index (χ1n) is 7.70. The zero-order valence-electron chi connectivity index (χ0n) is 13.3. The molecule has 5 nitrogen and oxygen atoms in total. The highest BCUT2D eigenvalue weighted by Crippen LogP contribution is 2.37. The SMILES string of the molecule is CNC1(C(=O)OC)CCC(N2CCCC2CN(C)C)C1. The van der Waals surface area contributed by atoms with Crippen LogP contribution in [-0.4, -0.2) is 74.7 Å². The maximum atomic E-state index is 12.1. The van der Waals surface area contributed by atoms with Crippen molar-refractivity contribution in [2.45, 2.75) is 49.7 Å². The van der Waals surface area contributed by atoms with Crippen LogP contribution >= 0.6 is 0 Å². The zero-order valence-corrected chi connectivity index (χ0v) is 13.3. The first-order valence-corrected chi connectivity index (χ1v) is 7.70. The van der Waals surface area contributed by atoms with Crippen LogP contribution in [0.5, 0.6) is 0 Å². The van der Waals surface area contributed by atoms with Crippen LogP contribution in [0.2, 0.25) is 0 Å². The summed E-state index contributed by atoms with van der Waals surface area (Å²) in [5, 5.41) is 3.23. The maximum absolute atomic E-state index is 12.1. The molecule has 0 aromatic rings. The van der Waals surface area contributed by atoms with Gasteiger partial charge in [0.15, 0.2) is 0 Å². The second-order valence-electron chi connectivity index (χ2n) is 6.52. The normalized spacial score (nSPS) is 34.9. The minimum absolute atomic E-state index is 0.106. The van der Waals surface area contributed by atoms with E-state index in [9.17, 15) is 4.79 Å². The van der Waals surface area contributed by atoms with E-state index in [0.717, 1.165) is 25.8 Å². The largest absolute Gasteiger partial charge is 0.468 e. The first kappa shape index (κ1) is 15.7. The fourth-order valence-electron chi connectivity index (χ4n) is 3.97. The molecule has 0 aromatic carbocycles. The highest BCUT2D eigenvalue weighted by atomic mass is 16.5. The Bertz CT molecular complexity index is 348. The number of carbonyl (C=O) groups is 1.